The Balaban J connectivity index is 3.51. The van der Waals surface area contributed by atoms with Crippen LogP contribution in [0.2, 0.25) is 0 Å². The van der Waals surface area contributed by atoms with Crippen molar-refractivity contribution in [2.24, 2.45) is 0 Å². The number of carbonyl (C=O) groups excluding carboxylic acids is 1. The van der Waals surface area contributed by atoms with Gasteiger partial charge in [-0.25, -0.2) is 4.79 Å². The minimum atomic E-state index is -0.357. The molecule has 0 bridgehead atoms. The van der Waals surface area contributed by atoms with E-state index in [9.17, 15) is 4.79 Å². The first-order chi connectivity index (χ1) is 8.52. The van der Waals surface area contributed by atoms with Crippen LogP contribution in [0.25, 0.3) is 0 Å². The Kier molecular flexibility index (Phi) is 9.66. The van der Waals surface area contributed by atoms with E-state index in [0.29, 0.717) is 6.61 Å². The number of rotatable bonds is 11. The van der Waals surface area contributed by atoms with Gasteiger partial charge in [0.25, 0.3) is 0 Å². The number of hydrogen-bond acceptors (Lipinski definition) is 3. The molecule has 0 heterocycles. The predicted octanol–water partition coefficient (Wildman–Crippen LogP) is 3.44. The summed E-state index contributed by atoms with van der Waals surface area (Å²) in [4.78, 5) is 11.0. The lowest BCUT2D eigenvalue weighted by Crippen LogP contribution is -2.44. The number of hydrogen-bond donors (Lipinski definition) is 1. The number of esters is 1. The maximum absolute atomic E-state index is 11.0. The molecule has 0 aromatic carbocycles. The molecule has 0 aromatic heterocycles. The lowest BCUT2D eigenvalue weighted by atomic mass is 10.1. The van der Waals surface area contributed by atoms with E-state index >= 15 is 0 Å². The smallest absolute Gasteiger partial charge is 0.330 e. The molecule has 106 valence electrons. The predicted molar refractivity (Wildman–Crippen MR) is 76.6 cm³/mol. The SMILES string of the molecule is C=CC(=O)OCC(C)(C)NCCCCCCCC. The molecule has 0 aliphatic rings. The summed E-state index contributed by atoms with van der Waals surface area (Å²) in [5, 5.41) is 3.42. The Hall–Kier alpha value is -0.830. The Labute approximate surface area is 112 Å². The molecule has 0 spiro atoms. The molecule has 0 aliphatic carbocycles. The van der Waals surface area contributed by atoms with Crippen molar-refractivity contribution in [3.8, 4) is 0 Å². The second-order valence-electron chi connectivity index (χ2n) is 5.39. The van der Waals surface area contributed by atoms with E-state index in [2.05, 4.69) is 18.8 Å². The van der Waals surface area contributed by atoms with Crippen LogP contribution in [0.3, 0.4) is 0 Å². The van der Waals surface area contributed by atoms with Gasteiger partial charge >= 0.3 is 5.97 Å². The van der Waals surface area contributed by atoms with Crippen LogP contribution in [-0.4, -0.2) is 24.7 Å². The van der Waals surface area contributed by atoms with Gasteiger partial charge in [-0.2, -0.15) is 0 Å². The third-order valence-electron chi connectivity index (χ3n) is 2.88. The van der Waals surface area contributed by atoms with Gasteiger partial charge in [0.05, 0.1) is 0 Å². The maximum Gasteiger partial charge on any atom is 0.330 e. The number of nitrogens with one attached hydrogen (secondary N) is 1. The Bertz CT molecular complexity index is 237. The van der Waals surface area contributed by atoms with E-state index in [1.165, 1.54) is 44.6 Å². The summed E-state index contributed by atoms with van der Waals surface area (Å²) in [7, 11) is 0. The third kappa shape index (κ3) is 10.3. The van der Waals surface area contributed by atoms with Crippen molar-refractivity contribution in [1.29, 1.82) is 0 Å². The summed E-state index contributed by atoms with van der Waals surface area (Å²) in [6.07, 6.45) is 8.95. The molecule has 0 radical (unpaired) electrons. The second kappa shape index (κ2) is 10.1. The topological polar surface area (TPSA) is 38.3 Å². The minimum Gasteiger partial charge on any atom is -0.461 e. The average molecular weight is 255 g/mol. The fourth-order valence-corrected chi connectivity index (χ4v) is 1.69. The first-order valence-corrected chi connectivity index (χ1v) is 7.06. The van der Waals surface area contributed by atoms with Gasteiger partial charge in [-0.15, -0.1) is 0 Å². The number of unbranched alkanes of at least 4 members (excludes halogenated alkanes) is 5. The maximum atomic E-state index is 11.0. The summed E-state index contributed by atoms with van der Waals surface area (Å²) in [6, 6.07) is 0. The van der Waals surface area contributed by atoms with Gasteiger partial charge in [-0.05, 0) is 26.8 Å². The zero-order valence-corrected chi connectivity index (χ0v) is 12.3. The quantitative estimate of drug-likeness (QED) is 0.349. The molecule has 1 N–H and O–H groups in total. The summed E-state index contributed by atoms with van der Waals surface area (Å²) in [5.41, 5.74) is -0.165. The van der Waals surface area contributed by atoms with Gasteiger partial charge in [0, 0.05) is 11.6 Å². The fourth-order valence-electron chi connectivity index (χ4n) is 1.69. The standard InChI is InChI=1S/C15H29NO2/c1-5-7-8-9-10-11-12-16-15(3,4)13-18-14(17)6-2/h6,16H,2,5,7-13H2,1,3-4H3. The van der Waals surface area contributed by atoms with Crippen LogP contribution in [0.5, 0.6) is 0 Å². The lowest BCUT2D eigenvalue weighted by molar-refractivity contribution is -0.139. The second-order valence-corrected chi connectivity index (χ2v) is 5.39. The van der Waals surface area contributed by atoms with Crippen molar-refractivity contribution in [3.63, 3.8) is 0 Å². The zero-order valence-electron chi connectivity index (χ0n) is 12.3. The van der Waals surface area contributed by atoms with Crippen LogP contribution in [0.4, 0.5) is 0 Å². The molecule has 0 aliphatic heterocycles. The summed E-state index contributed by atoms with van der Waals surface area (Å²) in [6.45, 7) is 11.1. The van der Waals surface area contributed by atoms with Crippen molar-refractivity contribution in [3.05, 3.63) is 12.7 Å². The molecule has 0 unspecified atom stereocenters. The highest BCUT2D eigenvalue weighted by Crippen LogP contribution is 2.07. The zero-order chi connectivity index (χ0) is 13.9. The molecule has 18 heavy (non-hydrogen) atoms. The van der Waals surface area contributed by atoms with Gasteiger partial charge in [0.15, 0.2) is 0 Å². The molecular weight excluding hydrogens is 226 g/mol. The highest BCUT2D eigenvalue weighted by Gasteiger charge is 2.18. The van der Waals surface area contributed by atoms with Gasteiger partial charge < -0.3 is 10.1 Å². The van der Waals surface area contributed by atoms with Crippen LogP contribution in [-0.2, 0) is 9.53 Å². The first-order valence-electron chi connectivity index (χ1n) is 7.06. The highest BCUT2D eigenvalue weighted by atomic mass is 16.5. The number of carbonyl (C=O) groups is 1. The molecular formula is C15H29NO2. The fraction of sp³-hybridized carbons (Fsp3) is 0.800. The normalized spacial score (nSPS) is 11.3. The molecule has 0 saturated heterocycles. The molecule has 3 heteroatoms. The largest absolute Gasteiger partial charge is 0.461 e. The van der Waals surface area contributed by atoms with Crippen LogP contribution in [0.15, 0.2) is 12.7 Å². The lowest BCUT2D eigenvalue weighted by Gasteiger charge is -2.25. The van der Waals surface area contributed by atoms with Crippen molar-refractivity contribution in [2.45, 2.75) is 64.8 Å². The average Bonchev–Trinajstić information content (AvgIpc) is 2.35. The Morgan fingerprint density at radius 2 is 1.83 bits per heavy atom. The van der Waals surface area contributed by atoms with Gasteiger partial charge in [-0.3, -0.25) is 0 Å². The molecule has 0 atom stereocenters. The third-order valence-corrected chi connectivity index (χ3v) is 2.88. The van der Waals surface area contributed by atoms with Crippen molar-refractivity contribution in [1.82, 2.24) is 5.32 Å². The van der Waals surface area contributed by atoms with Gasteiger partial charge in [0.2, 0.25) is 0 Å². The van der Waals surface area contributed by atoms with Gasteiger partial charge in [-0.1, -0.05) is 45.6 Å². The van der Waals surface area contributed by atoms with E-state index < -0.39 is 0 Å². The van der Waals surface area contributed by atoms with Crippen LogP contribution in [0.1, 0.15) is 59.3 Å². The van der Waals surface area contributed by atoms with Crippen molar-refractivity contribution in [2.75, 3.05) is 13.2 Å². The van der Waals surface area contributed by atoms with E-state index in [-0.39, 0.29) is 11.5 Å². The summed E-state index contributed by atoms with van der Waals surface area (Å²) >= 11 is 0. The highest BCUT2D eigenvalue weighted by molar-refractivity contribution is 5.81. The van der Waals surface area contributed by atoms with Crippen LogP contribution < -0.4 is 5.32 Å². The Morgan fingerprint density at radius 3 is 2.44 bits per heavy atom. The van der Waals surface area contributed by atoms with Crippen molar-refractivity contribution >= 4 is 5.97 Å². The van der Waals surface area contributed by atoms with E-state index in [1.807, 2.05) is 13.8 Å². The molecule has 0 rings (SSSR count). The molecule has 0 saturated carbocycles. The molecule has 0 aromatic rings. The summed E-state index contributed by atoms with van der Waals surface area (Å²) in [5.74, 6) is -0.357. The molecule has 3 nitrogen and oxygen atoms in total. The Morgan fingerprint density at radius 1 is 1.22 bits per heavy atom. The number of ether oxygens (including phenoxy) is 1. The van der Waals surface area contributed by atoms with E-state index in [4.69, 9.17) is 4.74 Å². The van der Waals surface area contributed by atoms with Crippen molar-refractivity contribution < 1.29 is 9.53 Å². The molecule has 0 fully saturated rings. The van der Waals surface area contributed by atoms with E-state index in [1.54, 1.807) is 0 Å². The first kappa shape index (κ1) is 17.2. The van der Waals surface area contributed by atoms with Gasteiger partial charge in [0.1, 0.15) is 6.61 Å². The molecule has 0 amide bonds. The monoisotopic (exact) mass is 255 g/mol. The van der Waals surface area contributed by atoms with E-state index in [0.717, 1.165) is 6.54 Å². The van der Waals surface area contributed by atoms with Crippen LogP contribution >= 0.6 is 0 Å². The summed E-state index contributed by atoms with van der Waals surface area (Å²) < 4.78 is 5.05. The minimum absolute atomic E-state index is 0.165. The van der Waals surface area contributed by atoms with Crippen LogP contribution in [0, 0.1) is 0 Å².